The van der Waals surface area contributed by atoms with Crippen LogP contribution in [0.5, 0.6) is 5.75 Å². The number of amides is 1. The summed E-state index contributed by atoms with van der Waals surface area (Å²) >= 11 is 0. The van der Waals surface area contributed by atoms with Gasteiger partial charge in [-0.05, 0) is 78.8 Å². The number of aliphatic carboxylic acids is 1. The Morgan fingerprint density at radius 1 is 0.927 bits per heavy atom. The Morgan fingerprint density at radius 2 is 1.46 bits per heavy atom. The average molecular weight is 562 g/mol. The summed E-state index contributed by atoms with van der Waals surface area (Å²) in [5.41, 5.74) is 4.65. The minimum atomic E-state index is -2.89. The number of benzene rings is 3. The average Bonchev–Trinajstić information content (AvgIpc) is 2.91. The van der Waals surface area contributed by atoms with Crippen LogP contribution in [0.2, 0.25) is 0 Å². The molecule has 3 aromatic carbocycles. The summed E-state index contributed by atoms with van der Waals surface area (Å²) in [5, 5.41) is 11.4. The van der Waals surface area contributed by atoms with Crippen LogP contribution < -0.4 is 10.1 Å². The van der Waals surface area contributed by atoms with Crippen molar-refractivity contribution in [3.8, 4) is 16.9 Å². The summed E-state index contributed by atoms with van der Waals surface area (Å²) in [5.74, 6) is -3.51. The van der Waals surface area contributed by atoms with Crippen LogP contribution in [0.25, 0.3) is 11.1 Å². The monoisotopic (exact) mass is 561 g/mol. The van der Waals surface area contributed by atoms with Gasteiger partial charge in [0.1, 0.15) is 5.75 Å². The number of aryl methyl sites for hydroxylation is 2. The van der Waals surface area contributed by atoms with E-state index in [9.17, 15) is 18.4 Å². The van der Waals surface area contributed by atoms with Crippen LogP contribution in [-0.2, 0) is 16.1 Å². The van der Waals surface area contributed by atoms with Crippen molar-refractivity contribution in [3.63, 3.8) is 0 Å². The molecule has 0 saturated carbocycles. The van der Waals surface area contributed by atoms with Crippen molar-refractivity contribution in [2.45, 2.75) is 51.4 Å². The number of hydrogen-bond acceptors (Lipinski definition) is 3. The van der Waals surface area contributed by atoms with Gasteiger partial charge in [-0.1, -0.05) is 48.6 Å². The number of ether oxygens (including phenoxy) is 1. The third-order valence-corrected chi connectivity index (χ3v) is 7.16. The molecule has 216 valence electrons. The highest BCUT2D eigenvalue weighted by atomic mass is 19.3. The maximum Gasteiger partial charge on any atom is 0.305 e. The smallest absolute Gasteiger partial charge is 0.305 e. The minimum absolute atomic E-state index is 0.0239. The molecular weight excluding hydrogens is 524 g/mol. The summed E-state index contributed by atoms with van der Waals surface area (Å²) < 4.78 is 33.7. The maximum absolute atomic E-state index is 13.7. The summed E-state index contributed by atoms with van der Waals surface area (Å²) in [4.78, 5) is 23.1. The number of nitrogens with one attached hydrogen (secondary N) is 1. The van der Waals surface area contributed by atoms with Gasteiger partial charge in [-0.25, -0.2) is 8.78 Å². The minimum Gasteiger partial charge on any atom is -0.493 e. The van der Waals surface area contributed by atoms with E-state index < -0.39 is 17.3 Å². The molecule has 0 fully saturated rings. The van der Waals surface area contributed by atoms with Crippen molar-refractivity contribution in [1.82, 2.24) is 5.32 Å². The maximum atomic E-state index is 13.7. The second-order valence-electron chi connectivity index (χ2n) is 10.4. The zero-order valence-corrected chi connectivity index (χ0v) is 23.8. The molecule has 0 spiro atoms. The van der Waals surface area contributed by atoms with Crippen molar-refractivity contribution in [2.75, 3.05) is 13.2 Å². The molecule has 0 unspecified atom stereocenters. The lowest BCUT2D eigenvalue weighted by Gasteiger charge is -2.33. The number of allylic oxidation sites excluding steroid dienone is 2. The predicted octanol–water partition coefficient (Wildman–Crippen LogP) is 7.76. The fourth-order valence-corrected chi connectivity index (χ4v) is 5.05. The predicted molar refractivity (Wildman–Crippen MR) is 159 cm³/mol. The van der Waals surface area contributed by atoms with Crippen molar-refractivity contribution in [1.29, 1.82) is 0 Å². The van der Waals surface area contributed by atoms with E-state index in [0.29, 0.717) is 30.8 Å². The lowest BCUT2D eigenvalue weighted by molar-refractivity contribution is -0.136. The fourth-order valence-electron chi connectivity index (χ4n) is 5.05. The van der Waals surface area contributed by atoms with Crippen molar-refractivity contribution in [2.24, 2.45) is 0 Å². The topological polar surface area (TPSA) is 75.6 Å². The molecule has 3 rings (SSSR count). The van der Waals surface area contributed by atoms with Gasteiger partial charge < -0.3 is 15.2 Å². The molecule has 0 aliphatic heterocycles. The van der Waals surface area contributed by atoms with Crippen LogP contribution in [0, 0.1) is 13.8 Å². The molecule has 0 radical (unpaired) electrons. The molecule has 2 N–H and O–H groups in total. The van der Waals surface area contributed by atoms with Crippen LogP contribution in [0.4, 0.5) is 8.78 Å². The van der Waals surface area contributed by atoms with Gasteiger partial charge in [0, 0.05) is 30.0 Å². The Bertz CT molecular complexity index is 1360. The third-order valence-electron chi connectivity index (χ3n) is 7.16. The van der Waals surface area contributed by atoms with Crippen molar-refractivity contribution >= 4 is 11.9 Å². The van der Waals surface area contributed by atoms with E-state index in [2.05, 4.69) is 18.5 Å². The van der Waals surface area contributed by atoms with Gasteiger partial charge in [-0.2, -0.15) is 0 Å². The summed E-state index contributed by atoms with van der Waals surface area (Å²) in [6.45, 7) is 13.1. The second-order valence-corrected chi connectivity index (χ2v) is 10.4. The molecule has 0 saturated heterocycles. The Balaban J connectivity index is 1.83. The van der Waals surface area contributed by atoms with Crippen LogP contribution >= 0.6 is 0 Å². The normalized spacial score (nSPS) is 11.5. The second kappa shape index (κ2) is 13.4. The summed E-state index contributed by atoms with van der Waals surface area (Å²) in [6, 6.07) is 17.5. The van der Waals surface area contributed by atoms with Gasteiger partial charge in [0.15, 0.2) is 0 Å². The summed E-state index contributed by atoms with van der Waals surface area (Å²) in [6.07, 6.45) is 4.74. The highest BCUT2D eigenvalue weighted by Gasteiger charge is 2.31. The van der Waals surface area contributed by atoms with E-state index >= 15 is 0 Å². The molecular formula is C34H37F2NO4. The first kappa shape index (κ1) is 31.3. The van der Waals surface area contributed by atoms with E-state index in [-0.39, 0.29) is 24.4 Å². The highest BCUT2D eigenvalue weighted by molar-refractivity contribution is 5.94. The third kappa shape index (κ3) is 7.91. The molecule has 7 heteroatoms. The van der Waals surface area contributed by atoms with Gasteiger partial charge in [0.05, 0.1) is 13.0 Å². The molecule has 0 heterocycles. The molecule has 5 nitrogen and oxygen atoms in total. The van der Waals surface area contributed by atoms with Crippen LogP contribution in [-0.4, -0.2) is 30.1 Å². The number of hydrogen-bond donors (Lipinski definition) is 2. The van der Waals surface area contributed by atoms with Crippen LogP contribution in [0.15, 0.2) is 86.0 Å². The molecule has 0 bridgehead atoms. The SMILES string of the molecule is C=CCC(CC=C)(COc1cc(C)c(-c2ccc(C(C)(F)F)cc2)c(C)c1)c1ccc(C(=O)NCCC(=O)O)cc1. The molecule has 1 amide bonds. The molecule has 41 heavy (non-hydrogen) atoms. The lowest BCUT2D eigenvalue weighted by Crippen LogP contribution is -2.33. The number of halogens is 2. The Kier molecular flexibility index (Phi) is 10.2. The Morgan fingerprint density at radius 3 is 1.95 bits per heavy atom. The Hall–Kier alpha value is -4.26. The fraction of sp³-hybridized carbons (Fsp3) is 0.294. The summed E-state index contributed by atoms with van der Waals surface area (Å²) in [7, 11) is 0. The van der Waals surface area contributed by atoms with Gasteiger partial charge in [0.2, 0.25) is 0 Å². The van der Waals surface area contributed by atoms with Crippen LogP contribution in [0.1, 0.15) is 58.8 Å². The van der Waals surface area contributed by atoms with Crippen molar-refractivity contribution in [3.05, 3.63) is 114 Å². The van der Waals surface area contributed by atoms with E-state index in [1.54, 1.807) is 24.3 Å². The number of carboxylic acids is 1. The van der Waals surface area contributed by atoms with E-state index in [1.807, 2.05) is 50.3 Å². The van der Waals surface area contributed by atoms with Crippen molar-refractivity contribution < 1.29 is 28.2 Å². The first-order chi connectivity index (χ1) is 19.4. The number of alkyl halides is 2. The molecule has 0 atom stereocenters. The lowest BCUT2D eigenvalue weighted by atomic mass is 9.75. The number of rotatable bonds is 14. The first-order valence-corrected chi connectivity index (χ1v) is 13.5. The van der Waals surface area contributed by atoms with E-state index in [4.69, 9.17) is 9.84 Å². The standard InChI is InChI=1S/C34H37F2NO4/c1-6-17-34(18-7-2,28-14-10-26(11-15-28)32(40)37-19-16-30(38)39)22-41-29-20-23(3)31(24(4)21-29)25-8-12-27(13-9-25)33(5,35)36/h6-15,20-21H,1-2,16-19,22H2,3-5H3,(H,37,40)(H,38,39). The van der Waals surface area contributed by atoms with Gasteiger partial charge in [-0.3, -0.25) is 9.59 Å². The molecule has 0 aromatic heterocycles. The van der Waals surface area contributed by atoms with Gasteiger partial charge in [-0.15, -0.1) is 13.2 Å². The first-order valence-electron chi connectivity index (χ1n) is 13.5. The van der Waals surface area contributed by atoms with Crippen LogP contribution in [0.3, 0.4) is 0 Å². The zero-order chi connectivity index (χ0) is 30.2. The number of carbonyl (C=O) groups excluding carboxylic acids is 1. The molecule has 0 aliphatic rings. The largest absolute Gasteiger partial charge is 0.493 e. The van der Waals surface area contributed by atoms with E-state index in [1.165, 1.54) is 12.1 Å². The number of carboxylic acid groups (broad SMARTS) is 1. The molecule has 0 aliphatic carbocycles. The van der Waals surface area contributed by atoms with Gasteiger partial charge in [0.25, 0.3) is 11.8 Å². The quantitative estimate of drug-likeness (QED) is 0.197. The van der Waals surface area contributed by atoms with E-state index in [0.717, 1.165) is 34.7 Å². The zero-order valence-electron chi connectivity index (χ0n) is 23.8. The van der Waals surface area contributed by atoms with Gasteiger partial charge >= 0.3 is 5.97 Å². The molecule has 3 aromatic rings. The number of carbonyl (C=O) groups is 2. The Labute approximate surface area is 240 Å². The highest BCUT2D eigenvalue weighted by Crippen LogP contribution is 2.37.